The van der Waals surface area contributed by atoms with Crippen molar-refractivity contribution in [2.75, 3.05) is 31.1 Å². The van der Waals surface area contributed by atoms with E-state index < -0.39 is 17.5 Å². The standard InChI is InChI=1S/C19H20F2N2O/c1-13-5-3-8-17(14(13)2)22-9-11-23(12-10-22)19(24)15-6-4-7-16(20)18(15)21/h3-8H,9-12H2,1-2H3. The summed E-state index contributed by atoms with van der Waals surface area (Å²) in [6.07, 6.45) is 0. The molecule has 0 saturated carbocycles. The number of amides is 1. The molecule has 3 rings (SSSR count). The highest BCUT2D eigenvalue weighted by Crippen LogP contribution is 2.24. The van der Waals surface area contributed by atoms with Crippen molar-refractivity contribution in [2.45, 2.75) is 13.8 Å². The molecule has 126 valence electrons. The molecule has 0 spiro atoms. The van der Waals surface area contributed by atoms with Gasteiger partial charge in [-0.1, -0.05) is 18.2 Å². The number of nitrogens with zero attached hydrogens (tertiary/aromatic N) is 2. The fourth-order valence-electron chi connectivity index (χ4n) is 3.07. The molecule has 1 amide bonds. The van der Waals surface area contributed by atoms with Gasteiger partial charge in [-0.2, -0.15) is 0 Å². The molecule has 24 heavy (non-hydrogen) atoms. The number of carbonyl (C=O) groups excluding carboxylic acids is 1. The molecule has 1 saturated heterocycles. The van der Waals surface area contributed by atoms with Crippen molar-refractivity contribution < 1.29 is 13.6 Å². The van der Waals surface area contributed by atoms with Gasteiger partial charge in [0, 0.05) is 31.9 Å². The molecule has 1 aliphatic heterocycles. The molecule has 3 nitrogen and oxygen atoms in total. The minimum Gasteiger partial charge on any atom is -0.368 e. The fraction of sp³-hybridized carbons (Fsp3) is 0.316. The Morgan fingerprint density at radius 1 is 0.958 bits per heavy atom. The fourth-order valence-corrected chi connectivity index (χ4v) is 3.07. The van der Waals surface area contributed by atoms with Gasteiger partial charge in [0.1, 0.15) is 0 Å². The summed E-state index contributed by atoms with van der Waals surface area (Å²) in [5.41, 5.74) is 3.43. The second kappa shape index (κ2) is 6.59. The lowest BCUT2D eigenvalue weighted by Crippen LogP contribution is -2.49. The average Bonchev–Trinajstić information content (AvgIpc) is 2.59. The summed E-state index contributed by atoms with van der Waals surface area (Å²) in [6.45, 7) is 6.49. The molecular formula is C19H20F2N2O. The minimum atomic E-state index is -1.07. The molecule has 1 heterocycles. The lowest BCUT2D eigenvalue weighted by atomic mass is 10.1. The molecule has 0 N–H and O–H groups in total. The molecule has 0 aromatic heterocycles. The van der Waals surface area contributed by atoms with E-state index in [0.29, 0.717) is 26.2 Å². The van der Waals surface area contributed by atoms with Gasteiger partial charge < -0.3 is 9.80 Å². The number of rotatable bonds is 2. The monoisotopic (exact) mass is 330 g/mol. The smallest absolute Gasteiger partial charge is 0.257 e. The van der Waals surface area contributed by atoms with Crippen LogP contribution in [0.1, 0.15) is 21.5 Å². The summed E-state index contributed by atoms with van der Waals surface area (Å²) in [5.74, 6) is -2.51. The highest BCUT2D eigenvalue weighted by molar-refractivity contribution is 5.94. The van der Waals surface area contributed by atoms with E-state index in [1.165, 1.54) is 28.9 Å². The third-order valence-corrected chi connectivity index (χ3v) is 4.67. The molecule has 1 fully saturated rings. The summed E-state index contributed by atoms with van der Waals surface area (Å²) in [6, 6.07) is 9.88. The van der Waals surface area contributed by atoms with Crippen molar-refractivity contribution in [3.05, 3.63) is 64.7 Å². The van der Waals surface area contributed by atoms with Gasteiger partial charge >= 0.3 is 0 Å². The van der Waals surface area contributed by atoms with Crippen LogP contribution in [0.2, 0.25) is 0 Å². The van der Waals surface area contributed by atoms with Crippen molar-refractivity contribution in [3.63, 3.8) is 0 Å². The van der Waals surface area contributed by atoms with Crippen LogP contribution in [0.4, 0.5) is 14.5 Å². The van der Waals surface area contributed by atoms with Crippen LogP contribution in [-0.2, 0) is 0 Å². The first-order valence-electron chi connectivity index (χ1n) is 8.03. The number of hydrogen-bond acceptors (Lipinski definition) is 2. The first-order valence-corrected chi connectivity index (χ1v) is 8.03. The second-order valence-corrected chi connectivity index (χ2v) is 6.10. The Hall–Kier alpha value is -2.43. The Morgan fingerprint density at radius 3 is 2.33 bits per heavy atom. The van der Waals surface area contributed by atoms with E-state index >= 15 is 0 Å². The Balaban J connectivity index is 1.72. The largest absolute Gasteiger partial charge is 0.368 e. The van der Waals surface area contributed by atoms with Gasteiger partial charge in [-0.3, -0.25) is 4.79 Å². The molecule has 5 heteroatoms. The van der Waals surface area contributed by atoms with Gasteiger partial charge in [-0.25, -0.2) is 8.78 Å². The number of aryl methyl sites for hydroxylation is 1. The number of halogens is 2. The maximum absolute atomic E-state index is 13.8. The van der Waals surface area contributed by atoms with Gasteiger partial charge in [-0.05, 0) is 43.2 Å². The molecule has 0 atom stereocenters. The van der Waals surface area contributed by atoms with Crippen LogP contribution in [-0.4, -0.2) is 37.0 Å². The molecule has 0 aliphatic carbocycles. The number of piperazine rings is 1. The Kier molecular flexibility index (Phi) is 4.51. The van der Waals surface area contributed by atoms with Gasteiger partial charge in [0.2, 0.25) is 0 Å². The third kappa shape index (κ3) is 2.98. The summed E-state index contributed by atoms with van der Waals surface area (Å²) in [7, 11) is 0. The number of carbonyl (C=O) groups is 1. The lowest BCUT2D eigenvalue weighted by molar-refractivity contribution is 0.0741. The highest BCUT2D eigenvalue weighted by Gasteiger charge is 2.25. The summed E-state index contributed by atoms with van der Waals surface area (Å²) < 4.78 is 27.1. The second-order valence-electron chi connectivity index (χ2n) is 6.10. The molecule has 1 aliphatic rings. The van der Waals surface area contributed by atoms with Gasteiger partial charge in [-0.15, -0.1) is 0 Å². The third-order valence-electron chi connectivity index (χ3n) is 4.67. The molecule has 0 unspecified atom stereocenters. The molecule has 0 bridgehead atoms. The summed E-state index contributed by atoms with van der Waals surface area (Å²) in [4.78, 5) is 16.3. The summed E-state index contributed by atoms with van der Waals surface area (Å²) in [5, 5.41) is 0. The van der Waals surface area contributed by atoms with E-state index in [-0.39, 0.29) is 5.56 Å². The van der Waals surface area contributed by atoms with E-state index in [4.69, 9.17) is 0 Å². The van der Waals surface area contributed by atoms with Crippen molar-refractivity contribution >= 4 is 11.6 Å². The summed E-state index contributed by atoms with van der Waals surface area (Å²) >= 11 is 0. The maximum atomic E-state index is 13.8. The Bertz CT molecular complexity index is 768. The first kappa shape index (κ1) is 16.4. The van der Waals surface area contributed by atoms with E-state index in [1.807, 2.05) is 6.07 Å². The van der Waals surface area contributed by atoms with Crippen LogP contribution in [0.5, 0.6) is 0 Å². The molecular weight excluding hydrogens is 310 g/mol. The van der Waals surface area contributed by atoms with Gasteiger partial charge in [0.15, 0.2) is 11.6 Å². The van der Waals surface area contributed by atoms with Crippen LogP contribution in [0.3, 0.4) is 0 Å². The van der Waals surface area contributed by atoms with Crippen molar-refractivity contribution in [1.29, 1.82) is 0 Å². The zero-order valence-electron chi connectivity index (χ0n) is 13.9. The predicted molar refractivity (Wildman–Crippen MR) is 90.4 cm³/mol. The molecule has 2 aromatic rings. The van der Waals surface area contributed by atoms with Gasteiger partial charge in [0.25, 0.3) is 5.91 Å². The van der Waals surface area contributed by atoms with E-state index in [9.17, 15) is 13.6 Å². The van der Waals surface area contributed by atoms with Gasteiger partial charge in [0.05, 0.1) is 5.56 Å². The van der Waals surface area contributed by atoms with Crippen LogP contribution >= 0.6 is 0 Å². The Labute approximate surface area is 140 Å². The maximum Gasteiger partial charge on any atom is 0.257 e. The zero-order valence-corrected chi connectivity index (χ0v) is 13.9. The highest BCUT2D eigenvalue weighted by atomic mass is 19.2. The van der Waals surface area contributed by atoms with Crippen molar-refractivity contribution in [1.82, 2.24) is 4.90 Å². The van der Waals surface area contributed by atoms with E-state index in [2.05, 4.69) is 30.9 Å². The quantitative estimate of drug-likeness (QED) is 0.841. The Morgan fingerprint density at radius 2 is 1.62 bits per heavy atom. The van der Waals surface area contributed by atoms with E-state index in [0.717, 1.165) is 6.07 Å². The van der Waals surface area contributed by atoms with Crippen LogP contribution in [0.25, 0.3) is 0 Å². The number of anilines is 1. The topological polar surface area (TPSA) is 23.6 Å². The van der Waals surface area contributed by atoms with Crippen molar-refractivity contribution in [2.24, 2.45) is 0 Å². The SMILES string of the molecule is Cc1cccc(N2CCN(C(=O)c3cccc(F)c3F)CC2)c1C. The molecule has 0 radical (unpaired) electrons. The lowest BCUT2D eigenvalue weighted by Gasteiger charge is -2.37. The van der Waals surface area contributed by atoms with E-state index in [1.54, 1.807) is 4.90 Å². The van der Waals surface area contributed by atoms with Crippen LogP contribution in [0, 0.1) is 25.5 Å². The normalized spacial score (nSPS) is 14.8. The van der Waals surface area contributed by atoms with Crippen LogP contribution < -0.4 is 4.90 Å². The minimum absolute atomic E-state index is 0.199. The average molecular weight is 330 g/mol. The predicted octanol–water partition coefficient (Wildman–Crippen LogP) is 3.54. The zero-order chi connectivity index (χ0) is 17.3. The first-order chi connectivity index (χ1) is 11.5. The van der Waals surface area contributed by atoms with Crippen LogP contribution in [0.15, 0.2) is 36.4 Å². The number of benzene rings is 2. The van der Waals surface area contributed by atoms with Crippen molar-refractivity contribution in [3.8, 4) is 0 Å². The number of hydrogen-bond donors (Lipinski definition) is 0. The molecule has 2 aromatic carbocycles.